The van der Waals surface area contributed by atoms with Gasteiger partial charge in [-0.05, 0) is 49.9 Å². The smallest absolute Gasteiger partial charge is 0.0239 e. The molecule has 0 aliphatic rings. The molecule has 0 aromatic heterocycles. The Morgan fingerprint density at radius 1 is 0.562 bits per heavy atom. The van der Waals surface area contributed by atoms with Crippen molar-refractivity contribution in [2.75, 3.05) is 0 Å². The maximum absolute atomic E-state index is 3.66. The molecule has 3 aromatic carbocycles. The second-order valence-electron chi connectivity index (χ2n) is 8.04. The van der Waals surface area contributed by atoms with Crippen molar-refractivity contribution >= 4 is 18.2 Å². The van der Waals surface area contributed by atoms with Crippen LogP contribution in [0.2, 0.25) is 0 Å². The van der Waals surface area contributed by atoms with Gasteiger partial charge >= 0.3 is 0 Å². The predicted octanol–water partition coefficient (Wildman–Crippen LogP) is 8.61. The highest BCUT2D eigenvalue weighted by molar-refractivity contribution is 5.53. The Morgan fingerprint density at radius 2 is 0.906 bits per heavy atom. The lowest BCUT2D eigenvalue weighted by Crippen LogP contribution is -2.36. The summed E-state index contributed by atoms with van der Waals surface area (Å²) < 4.78 is 0. The molecule has 0 aliphatic carbocycles. The van der Waals surface area contributed by atoms with Gasteiger partial charge in [-0.1, -0.05) is 123 Å². The third-order valence-corrected chi connectivity index (χ3v) is 4.98. The molecule has 0 unspecified atom stereocenters. The van der Waals surface area contributed by atoms with E-state index in [0.717, 1.165) is 17.7 Å². The summed E-state index contributed by atoms with van der Waals surface area (Å²) in [6, 6.07) is 30.0. The second-order valence-corrected chi connectivity index (χ2v) is 8.04. The normalized spacial score (nSPS) is 9.97. The van der Waals surface area contributed by atoms with Crippen LogP contribution < -0.4 is 0 Å². The van der Waals surface area contributed by atoms with E-state index in [-0.39, 0.29) is 0 Å². The molecule has 0 saturated carbocycles. The predicted molar refractivity (Wildman–Crippen MR) is 145 cm³/mol. The molecule has 1 nitrogen and oxygen atoms in total. The molecule has 0 amide bonds. The second kappa shape index (κ2) is 15.6. The highest BCUT2D eigenvalue weighted by Gasteiger charge is 2.12. The molecule has 3 rings (SSSR count). The molecule has 0 atom stereocenters. The van der Waals surface area contributed by atoms with Crippen LogP contribution in [0, 0.1) is 0 Å². The Balaban J connectivity index is 0.000000251. The van der Waals surface area contributed by atoms with Crippen LogP contribution in [0.15, 0.2) is 105 Å². The monoisotopic (exact) mass is 425 g/mol. The van der Waals surface area contributed by atoms with E-state index >= 15 is 0 Å². The van der Waals surface area contributed by atoms with Crippen LogP contribution >= 0.6 is 0 Å². The zero-order valence-electron chi connectivity index (χ0n) is 20.2. The van der Waals surface area contributed by atoms with Crippen LogP contribution in [-0.4, -0.2) is 17.0 Å². The number of rotatable bonds is 7. The van der Waals surface area contributed by atoms with Crippen molar-refractivity contribution in [3.63, 3.8) is 0 Å². The summed E-state index contributed by atoms with van der Waals surface area (Å²) in [5, 5.41) is 0. The number of hydrogen-bond acceptors (Lipinski definition) is 1. The minimum absolute atomic E-state index is 0.607. The highest BCUT2D eigenvalue weighted by atomic mass is 15.2. The minimum Gasteiger partial charge on any atom is -0.294 e. The Kier molecular flexibility index (Phi) is 13.1. The molecule has 0 N–H and O–H groups in total. The van der Waals surface area contributed by atoms with Gasteiger partial charge in [0.2, 0.25) is 0 Å². The molecule has 0 fully saturated rings. The summed E-state index contributed by atoms with van der Waals surface area (Å²) in [5.41, 5.74) is 4.86. The lowest BCUT2D eigenvalue weighted by molar-refractivity contribution is 0.166. The highest BCUT2D eigenvalue weighted by Crippen LogP contribution is 2.11. The molecule has 168 valence electrons. The largest absolute Gasteiger partial charge is 0.294 e. The Morgan fingerprint density at radius 3 is 1.22 bits per heavy atom. The SMILES string of the molecule is C=Cc1ccc(C=C)cc1.C=Cc1ccccc1.CC(C)N(Cc1ccccc1)C(C)C. The molecule has 0 radical (unpaired) electrons. The molecule has 1 heteroatoms. The molecule has 0 aliphatic heterocycles. The van der Waals surface area contributed by atoms with Crippen molar-refractivity contribution in [2.45, 2.75) is 46.3 Å². The Bertz CT molecular complexity index is 855. The molecule has 0 spiro atoms. The maximum atomic E-state index is 3.66. The third kappa shape index (κ3) is 10.7. The first-order valence-corrected chi connectivity index (χ1v) is 11.2. The molecule has 0 saturated heterocycles. The van der Waals surface area contributed by atoms with E-state index in [9.17, 15) is 0 Å². The summed E-state index contributed by atoms with van der Waals surface area (Å²) in [6.45, 7) is 21.0. The van der Waals surface area contributed by atoms with Gasteiger partial charge in [-0.3, -0.25) is 4.90 Å². The summed E-state index contributed by atoms with van der Waals surface area (Å²) in [7, 11) is 0. The van der Waals surface area contributed by atoms with Crippen molar-refractivity contribution < 1.29 is 0 Å². The lowest BCUT2D eigenvalue weighted by atomic mass is 10.1. The van der Waals surface area contributed by atoms with E-state index < -0.39 is 0 Å². The van der Waals surface area contributed by atoms with Crippen molar-refractivity contribution in [3.05, 3.63) is 127 Å². The molecule has 32 heavy (non-hydrogen) atoms. The van der Waals surface area contributed by atoms with Crippen molar-refractivity contribution in [3.8, 4) is 0 Å². The molecule has 3 aromatic rings. The van der Waals surface area contributed by atoms with Gasteiger partial charge in [0.1, 0.15) is 0 Å². The summed E-state index contributed by atoms with van der Waals surface area (Å²) in [4.78, 5) is 2.50. The van der Waals surface area contributed by atoms with E-state index in [1.807, 2.05) is 72.8 Å². The number of benzene rings is 3. The zero-order chi connectivity index (χ0) is 23.8. The summed E-state index contributed by atoms with van der Waals surface area (Å²) >= 11 is 0. The average molecular weight is 426 g/mol. The minimum atomic E-state index is 0.607. The van der Waals surface area contributed by atoms with Crippen molar-refractivity contribution in [1.29, 1.82) is 0 Å². The van der Waals surface area contributed by atoms with Gasteiger partial charge in [-0.25, -0.2) is 0 Å². The van der Waals surface area contributed by atoms with Gasteiger partial charge in [-0.2, -0.15) is 0 Å². The molecular formula is C31H39N. The summed E-state index contributed by atoms with van der Waals surface area (Å²) in [5.74, 6) is 0. The first-order chi connectivity index (χ1) is 15.4. The molecule has 0 bridgehead atoms. The molecule has 0 heterocycles. The Hall–Kier alpha value is -3.16. The van der Waals surface area contributed by atoms with Gasteiger partial charge in [0.05, 0.1) is 0 Å². The van der Waals surface area contributed by atoms with Crippen molar-refractivity contribution in [1.82, 2.24) is 4.90 Å². The van der Waals surface area contributed by atoms with Crippen LogP contribution in [0.4, 0.5) is 0 Å². The van der Waals surface area contributed by atoms with Gasteiger partial charge in [0.25, 0.3) is 0 Å². The summed E-state index contributed by atoms with van der Waals surface area (Å²) in [6.07, 6.45) is 5.49. The topological polar surface area (TPSA) is 3.24 Å². The van der Waals surface area contributed by atoms with E-state index in [2.05, 4.69) is 82.7 Å². The van der Waals surface area contributed by atoms with Crippen LogP contribution in [0.3, 0.4) is 0 Å². The van der Waals surface area contributed by atoms with E-state index in [1.165, 1.54) is 11.1 Å². The average Bonchev–Trinajstić information content (AvgIpc) is 2.84. The third-order valence-electron chi connectivity index (χ3n) is 4.98. The zero-order valence-corrected chi connectivity index (χ0v) is 20.2. The van der Waals surface area contributed by atoms with Crippen LogP contribution in [-0.2, 0) is 6.54 Å². The Labute approximate surface area is 196 Å². The molecular weight excluding hydrogens is 386 g/mol. The fourth-order valence-corrected chi connectivity index (χ4v) is 3.11. The van der Waals surface area contributed by atoms with Crippen LogP contribution in [0.25, 0.3) is 18.2 Å². The number of hydrogen-bond donors (Lipinski definition) is 0. The van der Waals surface area contributed by atoms with Crippen LogP contribution in [0.5, 0.6) is 0 Å². The van der Waals surface area contributed by atoms with Gasteiger partial charge < -0.3 is 0 Å². The van der Waals surface area contributed by atoms with Gasteiger partial charge in [-0.15, -0.1) is 0 Å². The van der Waals surface area contributed by atoms with E-state index in [1.54, 1.807) is 0 Å². The van der Waals surface area contributed by atoms with E-state index in [4.69, 9.17) is 0 Å². The quantitative estimate of drug-likeness (QED) is 0.366. The van der Waals surface area contributed by atoms with Gasteiger partial charge in [0, 0.05) is 18.6 Å². The van der Waals surface area contributed by atoms with Gasteiger partial charge in [0.15, 0.2) is 0 Å². The lowest BCUT2D eigenvalue weighted by Gasteiger charge is -2.30. The van der Waals surface area contributed by atoms with Crippen molar-refractivity contribution in [2.24, 2.45) is 0 Å². The van der Waals surface area contributed by atoms with Crippen LogP contribution in [0.1, 0.15) is 49.9 Å². The first kappa shape index (κ1) is 26.9. The van der Waals surface area contributed by atoms with E-state index in [0.29, 0.717) is 12.1 Å². The number of nitrogens with zero attached hydrogens (tertiary/aromatic N) is 1. The first-order valence-electron chi connectivity index (χ1n) is 11.2. The fraction of sp³-hybridized carbons (Fsp3) is 0.226. The fourth-order valence-electron chi connectivity index (χ4n) is 3.11. The maximum Gasteiger partial charge on any atom is 0.0239 e. The standard InChI is InChI=1S/C13H21N.C10H10.C8H8/c1-11(2)14(12(3)4)10-13-8-6-5-7-9-13;1-3-9-5-7-10(4-2)8-6-9;1-2-8-6-4-3-5-7-8/h5-9,11-12H,10H2,1-4H3;3-8H,1-2H2;2-7H,1H2.